The number of carbonyl (C=O) groups is 1. The molecule has 0 aliphatic carbocycles. The fourth-order valence-electron chi connectivity index (χ4n) is 3.81. The van der Waals surface area contributed by atoms with Crippen molar-refractivity contribution in [3.05, 3.63) is 117 Å². The Morgan fingerprint density at radius 3 is 2.33 bits per heavy atom. The van der Waals surface area contributed by atoms with E-state index in [1.165, 1.54) is 0 Å². The van der Waals surface area contributed by atoms with Gasteiger partial charge in [0.1, 0.15) is 13.2 Å². The van der Waals surface area contributed by atoms with E-state index in [1.807, 2.05) is 80.6 Å². The Kier molecular flexibility index (Phi) is 10.2. The Morgan fingerprint density at radius 1 is 0.850 bits per heavy atom. The summed E-state index contributed by atoms with van der Waals surface area (Å²) in [4.78, 5) is 12.3. The first-order valence-electron chi connectivity index (χ1n) is 12.8. The summed E-state index contributed by atoms with van der Waals surface area (Å²) in [7, 11) is 1.57. The number of hydrogen-bond donors (Lipinski definition) is 1. The SMILES string of the molecule is CCOc1cc(COc2c(Br)cc(/C=N/NC(=O)c3ccc(C)cc3)cc2OC)ccc1OCc1ccccc1. The molecule has 8 heteroatoms. The van der Waals surface area contributed by atoms with Crippen molar-refractivity contribution in [2.75, 3.05) is 13.7 Å². The molecule has 0 aliphatic heterocycles. The van der Waals surface area contributed by atoms with E-state index in [1.54, 1.807) is 31.5 Å². The predicted molar refractivity (Wildman–Crippen MR) is 160 cm³/mol. The molecule has 1 amide bonds. The summed E-state index contributed by atoms with van der Waals surface area (Å²) in [5.74, 6) is 2.11. The van der Waals surface area contributed by atoms with E-state index >= 15 is 0 Å². The van der Waals surface area contributed by atoms with Crippen LogP contribution in [0.15, 0.2) is 94.5 Å². The van der Waals surface area contributed by atoms with Crippen molar-refractivity contribution in [2.45, 2.75) is 27.1 Å². The molecule has 4 aromatic rings. The Labute approximate surface area is 242 Å². The molecular formula is C32H31BrN2O5. The van der Waals surface area contributed by atoms with E-state index in [-0.39, 0.29) is 12.5 Å². The third-order valence-electron chi connectivity index (χ3n) is 5.87. The van der Waals surface area contributed by atoms with Gasteiger partial charge in [0.05, 0.1) is 24.4 Å². The van der Waals surface area contributed by atoms with Crippen LogP contribution in [0.5, 0.6) is 23.0 Å². The van der Waals surface area contributed by atoms with Crippen LogP contribution in [0, 0.1) is 6.92 Å². The largest absolute Gasteiger partial charge is 0.493 e. The molecule has 0 saturated carbocycles. The van der Waals surface area contributed by atoms with Crippen molar-refractivity contribution in [3.8, 4) is 23.0 Å². The molecule has 0 heterocycles. The highest BCUT2D eigenvalue weighted by Crippen LogP contribution is 2.37. The first-order chi connectivity index (χ1) is 19.5. The topological polar surface area (TPSA) is 78.4 Å². The summed E-state index contributed by atoms with van der Waals surface area (Å²) in [6.45, 7) is 5.15. The molecule has 0 aromatic heterocycles. The first kappa shape index (κ1) is 28.7. The van der Waals surface area contributed by atoms with Crippen molar-refractivity contribution in [1.29, 1.82) is 0 Å². The van der Waals surface area contributed by atoms with E-state index in [9.17, 15) is 4.79 Å². The third kappa shape index (κ3) is 7.86. The van der Waals surface area contributed by atoms with Gasteiger partial charge in [0, 0.05) is 5.56 Å². The highest BCUT2D eigenvalue weighted by Gasteiger charge is 2.13. The molecule has 0 fully saturated rings. The smallest absolute Gasteiger partial charge is 0.271 e. The zero-order valence-electron chi connectivity index (χ0n) is 22.6. The average Bonchev–Trinajstić information content (AvgIpc) is 2.97. The maximum absolute atomic E-state index is 12.3. The zero-order valence-corrected chi connectivity index (χ0v) is 24.2. The van der Waals surface area contributed by atoms with Gasteiger partial charge in [-0.1, -0.05) is 54.1 Å². The van der Waals surface area contributed by atoms with Crippen molar-refractivity contribution in [2.24, 2.45) is 5.10 Å². The number of ether oxygens (including phenoxy) is 4. The second-order valence-electron chi connectivity index (χ2n) is 8.88. The van der Waals surface area contributed by atoms with Gasteiger partial charge in [0.2, 0.25) is 0 Å². The fraction of sp³-hybridized carbons (Fsp3) is 0.188. The number of hydrogen-bond acceptors (Lipinski definition) is 6. The Balaban J connectivity index is 1.41. The summed E-state index contributed by atoms with van der Waals surface area (Å²) >= 11 is 3.57. The quantitative estimate of drug-likeness (QED) is 0.138. The number of nitrogens with zero attached hydrogens (tertiary/aromatic N) is 1. The Bertz CT molecular complexity index is 1460. The van der Waals surface area contributed by atoms with E-state index in [2.05, 4.69) is 26.5 Å². The highest BCUT2D eigenvalue weighted by atomic mass is 79.9. The Morgan fingerprint density at radius 2 is 1.60 bits per heavy atom. The van der Waals surface area contributed by atoms with Gasteiger partial charge in [0.15, 0.2) is 23.0 Å². The molecule has 0 saturated heterocycles. The predicted octanol–water partition coefficient (Wildman–Crippen LogP) is 7.09. The van der Waals surface area contributed by atoms with Crippen LogP contribution in [-0.2, 0) is 13.2 Å². The lowest BCUT2D eigenvalue weighted by molar-refractivity contribution is 0.0955. The molecule has 0 unspecified atom stereocenters. The van der Waals surface area contributed by atoms with E-state index in [0.29, 0.717) is 46.2 Å². The molecule has 7 nitrogen and oxygen atoms in total. The second-order valence-corrected chi connectivity index (χ2v) is 9.73. The van der Waals surface area contributed by atoms with Crippen LogP contribution in [0.4, 0.5) is 0 Å². The van der Waals surface area contributed by atoms with Crippen LogP contribution >= 0.6 is 15.9 Å². The lowest BCUT2D eigenvalue weighted by Gasteiger charge is -2.16. The summed E-state index contributed by atoms with van der Waals surface area (Å²) in [6, 6.07) is 26.6. The highest BCUT2D eigenvalue weighted by molar-refractivity contribution is 9.10. The normalized spacial score (nSPS) is 10.8. The molecule has 0 aliphatic rings. The van der Waals surface area contributed by atoms with Gasteiger partial charge in [-0.05, 0) is 82.9 Å². The summed E-state index contributed by atoms with van der Waals surface area (Å²) in [5.41, 5.74) is 6.87. The van der Waals surface area contributed by atoms with Crippen molar-refractivity contribution in [1.82, 2.24) is 5.43 Å². The van der Waals surface area contributed by atoms with Crippen molar-refractivity contribution in [3.63, 3.8) is 0 Å². The van der Waals surface area contributed by atoms with Gasteiger partial charge in [-0.2, -0.15) is 5.10 Å². The van der Waals surface area contributed by atoms with Gasteiger partial charge in [0.25, 0.3) is 5.91 Å². The minimum absolute atomic E-state index is 0.286. The van der Waals surface area contributed by atoms with E-state index in [0.717, 1.165) is 22.3 Å². The first-order valence-corrected chi connectivity index (χ1v) is 13.6. The van der Waals surface area contributed by atoms with Gasteiger partial charge in [-0.3, -0.25) is 4.79 Å². The van der Waals surface area contributed by atoms with Gasteiger partial charge < -0.3 is 18.9 Å². The minimum Gasteiger partial charge on any atom is -0.493 e. The van der Waals surface area contributed by atoms with Gasteiger partial charge >= 0.3 is 0 Å². The molecule has 4 rings (SSSR count). The molecule has 0 spiro atoms. The van der Waals surface area contributed by atoms with Crippen LogP contribution in [-0.4, -0.2) is 25.8 Å². The number of methoxy groups -OCH3 is 1. The van der Waals surface area contributed by atoms with Crippen molar-refractivity contribution >= 4 is 28.1 Å². The van der Waals surface area contributed by atoms with Crippen molar-refractivity contribution < 1.29 is 23.7 Å². The van der Waals surface area contributed by atoms with Crippen LogP contribution in [0.1, 0.15) is 39.5 Å². The number of aryl methyl sites for hydroxylation is 1. The number of benzene rings is 4. The van der Waals surface area contributed by atoms with E-state index < -0.39 is 0 Å². The molecule has 4 aromatic carbocycles. The lowest BCUT2D eigenvalue weighted by Crippen LogP contribution is -2.17. The molecule has 1 N–H and O–H groups in total. The van der Waals surface area contributed by atoms with Crippen LogP contribution in [0.2, 0.25) is 0 Å². The summed E-state index contributed by atoms with van der Waals surface area (Å²) < 4.78 is 24.2. The van der Waals surface area contributed by atoms with Crippen LogP contribution < -0.4 is 24.4 Å². The molecular weight excluding hydrogens is 572 g/mol. The lowest BCUT2D eigenvalue weighted by atomic mass is 10.1. The molecule has 0 radical (unpaired) electrons. The summed E-state index contributed by atoms with van der Waals surface area (Å²) in [5, 5.41) is 4.08. The third-order valence-corrected chi connectivity index (χ3v) is 6.46. The minimum atomic E-state index is -0.287. The maximum atomic E-state index is 12.3. The number of hydrazone groups is 1. The number of amides is 1. The van der Waals surface area contributed by atoms with Crippen LogP contribution in [0.25, 0.3) is 0 Å². The maximum Gasteiger partial charge on any atom is 0.271 e. The second kappa shape index (κ2) is 14.2. The monoisotopic (exact) mass is 602 g/mol. The molecule has 0 atom stereocenters. The van der Waals surface area contributed by atoms with E-state index in [4.69, 9.17) is 18.9 Å². The molecule has 40 heavy (non-hydrogen) atoms. The standard InChI is InChI=1S/C32H31BrN2O5/c1-4-38-29-17-24(12-15-28(29)39-20-23-8-6-5-7-9-23)21-40-31-27(33)16-25(18-30(31)37-3)19-34-35-32(36)26-13-10-22(2)11-14-26/h5-19H,4,20-21H2,1-3H3,(H,35,36)/b34-19+. The number of halogens is 1. The number of carbonyl (C=O) groups excluding carboxylic acids is 1. The van der Waals surface area contributed by atoms with Gasteiger partial charge in [-0.15, -0.1) is 0 Å². The number of rotatable bonds is 12. The molecule has 206 valence electrons. The zero-order chi connectivity index (χ0) is 28.3. The Hall–Kier alpha value is -4.30. The average molecular weight is 604 g/mol. The van der Waals surface area contributed by atoms with Crippen LogP contribution in [0.3, 0.4) is 0 Å². The number of nitrogens with one attached hydrogen (secondary N) is 1. The molecule has 0 bridgehead atoms. The fourth-order valence-corrected chi connectivity index (χ4v) is 4.38. The summed E-state index contributed by atoms with van der Waals surface area (Å²) in [6.07, 6.45) is 1.55. The van der Waals surface area contributed by atoms with Gasteiger partial charge in [-0.25, -0.2) is 5.43 Å².